The third-order valence-corrected chi connectivity index (χ3v) is 3.73. The van der Waals surface area contributed by atoms with Gasteiger partial charge in [-0.25, -0.2) is 9.78 Å². The van der Waals surface area contributed by atoms with Gasteiger partial charge in [0.2, 0.25) is 0 Å². The Hall–Kier alpha value is -1.80. The molecule has 2 rings (SSSR count). The molecular weight excluding hydrogens is 266 g/mol. The summed E-state index contributed by atoms with van der Waals surface area (Å²) in [5.41, 5.74) is -0.260. The summed E-state index contributed by atoms with van der Waals surface area (Å²) in [5.74, 6) is -1.07. The Balaban J connectivity index is 1.87. The van der Waals surface area contributed by atoms with Crippen LogP contribution >= 0.6 is 11.3 Å². The highest BCUT2D eigenvalue weighted by Gasteiger charge is 2.22. The van der Waals surface area contributed by atoms with Crippen LogP contribution in [0.1, 0.15) is 29.3 Å². The van der Waals surface area contributed by atoms with Crippen LogP contribution in [-0.2, 0) is 12.1 Å². The van der Waals surface area contributed by atoms with Crippen LogP contribution in [0.5, 0.6) is 0 Å². The molecule has 0 bridgehead atoms. The van der Waals surface area contributed by atoms with Crippen molar-refractivity contribution in [3.8, 4) is 0 Å². The molecule has 8 heteroatoms. The number of hydrogen-bond donors (Lipinski definition) is 2. The summed E-state index contributed by atoms with van der Waals surface area (Å²) < 4.78 is 1.51. The molecule has 0 aliphatic heterocycles. The third kappa shape index (κ3) is 3.36. The van der Waals surface area contributed by atoms with Gasteiger partial charge in [-0.15, -0.1) is 16.4 Å². The highest BCUT2D eigenvalue weighted by Crippen LogP contribution is 2.21. The van der Waals surface area contributed by atoms with Crippen LogP contribution < -0.4 is 5.32 Å². The normalized spacial score (nSPS) is 11.7. The van der Waals surface area contributed by atoms with Crippen molar-refractivity contribution in [2.75, 3.05) is 6.54 Å². The predicted molar refractivity (Wildman–Crippen MR) is 70.1 cm³/mol. The van der Waals surface area contributed by atoms with Crippen molar-refractivity contribution >= 4 is 17.3 Å². The molecule has 2 heterocycles. The minimum absolute atomic E-state index is 0.0424. The molecule has 7 nitrogen and oxygen atoms in total. The molecular formula is C11H15N5O2S. The Morgan fingerprint density at radius 3 is 2.95 bits per heavy atom. The number of carboxylic acid groups (broad SMARTS) is 1. The molecule has 0 aliphatic carbocycles. The molecule has 0 saturated carbocycles. The third-order valence-electron chi connectivity index (χ3n) is 2.63. The number of hydrogen-bond acceptors (Lipinski definition) is 6. The van der Waals surface area contributed by atoms with Crippen molar-refractivity contribution in [3.05, 3.63) is 28.5 Å². The van der Waals surface area contributed by atoms with Crippen LogP contribution in [0.3, 0.4) is 0 Å². The molecule has 0 aliphatic rings. The van der Waals surface area contributed by atoms with Gasteiger partial charge in [0.1, 0.15) is 5.01 Å². The minimum Gasteiger partial charge on any atom is -0.476 e. The number of rotatable bonds is 6. The number of carbonyl (C=O) groups is 1. The molecule has 2 N–H and O–H groups in total. The molecule has 0 saturated heterocycles. The molecule has 102 valence electrons. The lowest BCUT2D eigenvalue weighted by Crippen LogP contribution is -2.38. The van der Waals surface area contributed by atoms with Gasteiger partial charge in [0.15, 0.2) is 5.69 Å². The summed E-state index contributed by atoms with van der Waals surface area (Å²) in [5, 5.41) is 22.4. The number of carboxylic acids is 1. The van der Waals surface area contributed by atoms with E-state index in [4.69, 9.17) is 5.11 Å². The van der Waals surface area contributed by atoms with Gasteiger partial charge in [-0.3, -0.25) is 4.68 Å². The number of aromatic carboxylic acids is 1. The molecule has 0 radical (unpaired) electrons. The van der Waals surface area contributed by atoms with Crippen molar-refractivity contribution in [1.82, 2.24) is 25.3 Å². The van der Waals surface area contributed by atoms with E-state index in [1.807, 2.05) is 5.38 Å². The van der Waals surface area contributed by atoms with E-state index in [-0.39, 0.29) is 11.2 Å². The van der Waals surface area contributed by atoms with Crippen LogP contribution in [0.25, 0.3) is 0 Å². The average molecular weight is 281 g/mol. The van der Waals surface area contributed by atoms with Crippen LogP contribution in [0.15, 0.2) is 17.8 Å². The highest BCUT2D eigenvalue weighted by atomic mass is 32.1. The Morgan fingerprint density at radius 1 is 1.58 bits per heavy atom. The molecule has 0 fully saturated rings. The standard InChI is InChI=1S/C11H15N5O2S/c1-11(2,10-12-4-6-19-10)13-3-5-16-7-8(9(17)18)14-15-16/h4,6-7,13H,3,5H2,1-2H3,(H,17,18). The lowest BCUT2D eigenvalue weighted by molar-refractivity contribution is 0.0690. The van der Waals surface area contributed by atoms with Crippen molar-refractivity contribution in [1.29, 1.82) is 0 Å². The van der Waals surface area contributed by atoms with Gasteiger partial charge in [0.05, 0.1) is 18.3 Å². The summed E-state index contributed by atoms with van der Waals surface area (Å²) >= 11 is 1.60. The van der Waals surface area contributed by atoms with Crippen LogP contribution in [0.4, 0.5) is 0 Å². The Labute approximate surface area is 114 Å². The molecule has 2 aromatic heterocycles. The molecule has 2 aromatic rings. The summed E-state index contributed by atoms with van der Waals surface area (Å²) in [7, 11) is 0. The molecule has 0 aromatic carbocycles. The monoisotopic (exact) mass is 281 g/mol. The van der Waals surface area contributed by atoms with E-state index in [1.165, 1.54) is 10.9 Å². The van der Waals surface area contributed by atoms with Gasteiger partial charge in [-0.1, -0.05) is 5.21 Å². The lowest BCUT2D eigenvalue weighted by atomic mass is 10.1. The van der Waals surface area contributed by atoms with Gasteiger partial charge >= 0.3 is 5.97 Å². The first-order valence-electron chi connectivity index (χ1n) is 5.77. The molecule has 0 atom stereocenters. The average Bonchev–Trinajstić information content (AvgIpc) is 3.00. The molecule has 0 unspecified atom stereocenters. The maximum Gasteiger partial charge on any atom is 0.358 e. The van der Waals surface area contributed by atoms with E-state index in [0.29, 0.717) is 13.1 Å². The highest BCUT2D eigenvalue weighted by molar-refractivity contribution is 7.09. The summed E-state index contributed by atoms with van der Waals surface area (Å²) in [4.78, 5) is 14.9. The quantitative estimate of drug-likeness (QED) is 0.819. The SMILES string of the molecule is CC(C)(NCCn1cc(C(=O)O)nn1)c1nccs1. The lowest BCUT2D eigenvalue weighted by Gasteiger charge is -2.23. The Morgan fingerprint density at radius 2 is 2.37 bits per heavy atom. The van der Waals surface area contributed by atoms with Crippen molar-refractivity contribution in [2.45, 2.75) is 25.9 Å². The molecule has 19 heavy (non-hydrogen) atoms. The fourth-order valence-electron chi connectivity index (χ4n) is 1.60. The first-order valence-corrected chi connectivity index (χ1v) is 6.65. The van der Waals surface area contributed by atoms with Gasteiger partial charge in [0.25, 0.3) is 0 Å². The molecule has 0 amide bonds. The van der Waals surface area contributed by atoms with Crippen LogP contribution in [0, 0.1) is 0 Å². The van der Waals surface area contributed by atoms with E-state index < -0.39 is 5.97 Å². The number of aromatic nitrogens is 4. The van der Waals surface area contributed by atoms with Crippen molar-refractivity contribution < 1.29 is 9.90 Å². The summed E-state index contributed by atoms with van der Waals surface area (Å²) in [6.45, 7) is 5.30. The van der Waals surface area contributed by atoms with Crippen LogP contribution in [-0.4, -0.2) is 37.6 Å². The van der Waals surface area contributed by atoms with Gasteiger partial charge in [0, 0.05) is 18.1 Å². The number of nitrogens with one attached hydrogen (secondary N) is 1. The summed E-state index contributed by atoms with van der Waals surface area (Å²) in [6.07, 6.45) is 3.19. The second-order valence-electron chi connectivity index (χ2n) is 4.56. The van der Waals surface area contributed by atoms with E-state index in [0.717, 1.165) is 5.01 Å². The van der Waals surface area contributed by atoms with E-state index >= 15 is 0 Å². The first kappa shape index (κ1) is 13.6. The molecule has 0 spiro atoms. The van der Waals surface area contributed by atoms with E-state index in [2.05, 4.69) is 34.5 Å². The Kier molecular flexibility index (Phi) is 3.91. The Bertz CT molecular complexity index is 549. The van der Waals surface area contributed by atoms with Crippen molar-refractivity contribution in [3.63, 3.8) is 0 Å². The maximum absolute atomic E-state index is 10.7. The largest absolute Gasteiger partial charge is 0.476 e. The van der Waals surface area contributed by atoms with Gasteiger partial charge in [-0.2, -0.15) is 0 Å². The topological polar surface area (TPSA) is 92.9 Å². The number of thiazole rings is 1. The van der Waals surface area contributed by atoms with Crippen molar-refractivity contribution in [2.24, 2.45) is 0 Å². The zero-order chi connectivity index (χ0) is 13.9. The zero-order valence-electron chi connectivity index (χ0n) is 10.7. The predicted octanol–water partition coefficient (Wildman–Crippen LogP) is 0.958. The van der Waals surface area contributed by atoms with Gasteiger partial charge in [-0.05, 0) is 13.8 Å². The second-order valence-corrected chi connectivity index (χ2v) is 5.46. The minimum atomic E-state index is -1.07. The van der Waals surface area contributed by atoms with Gasteiger partial charge < -0.3 is 10.4 Å². The first-order chi connectivity index (χ1) is 8.99. The second kappa shape index (κ2) is 5.45. The fourth-order valence-corrected chi connectivity index (χ4v) is 2.34. The smallest absolute Gasteiger partial charge is 0.358 e. The zero-order valence-corrected chi connectivity index (χ0v) is 11.5. The van der Waals surface area contributed by atoms with E-state index in [1.54, 1.807) is 17.5 Å². The van der Waals surface area contributed by atoms with Crippen LogP contribution in [0.2, 0.25) is 0 Å². The summed E-state index contributed by atoms with van der Waals surface area (Å²) in [6, 6.07) is 0. The van der Waals surface area contributed by atoms with E-state index in [9.17, 15) is 4.79 Å². The maximum atomic E-state index is 10.7. The fraction of sp³-hybridized carbons (Fsp3) is 0.455. The number of nitrogens with zero attached hydrogens (tertiary/aromatic N) is 4.